The van der Waals surface area contributed by atoms with Gasteiger partial charge in [0.25, 0.3) is 5.91 Å². The minimum absolute atomic E-state index is 0.136. The van der Waals surface area contributed by atoms with E-state index < -0.39 is 23.8 Å². The van der Waals surface area contributed by atoms with Crippen LogP contribution in [0.3, 0.4) is 0 Å². The summed E-state index contributed by atoms with van der Waals surface area (Å²) in [5, 5.41) is 17.5. The largest absolute Gasteiger partial charge is 0.391 e. The zero-order valence-electron chi connectivity index (χ0n) is 13.1. The van der Waals surface area contributed by atoms with Crippen LogP contribution in [0.25, 0.3) is 10.9 Å². The van der Waals surface area contributed by atoms with Gasteiger partial charge < -0.3 is 10.0 Å². The molecular formula is C18H15F2N3O2. The number of aromatic nitrogens is 2. The smallest absolute Gasteiger partial charge is 0.255 e. The molecule has 7 heteroatoms. The predicted octanol–water partition coefficient (Wildman–Crippen LogP) is 2.79. The number of fused-ring (bicyclic) bond motifs is 1. The summed E-state index contributed by atoms with van der Waals surface area (Å²) in [5.74, 6) is -2.19. The SMILES string of the molecule is O=C(c1cccc2[nH]ncc12)N1C[C@@H](O)C[C@@H]1c1ccc(F)c(F)c1. The van der Waals surface area contributed by atoms with Crippen molar-refractivity contribution in [3.63, 3.8) is 0 Å². The molecule has 1 aliphatic heterocycles. The maximum absolute atomic E-state index is 13.6. The fourth-order valence-electron chi connectivity index (χ4n) is 3.38. The third-order valence-corrected chi connectivity index (χ3v) is 4.58. The van der Waals surface area contributed by atoms with Crippen LogP contribution in [0, 0.1) is 11.6 Å². The Morgan fingerprint density at radius 2 is 2.08 bits per heavy atom. The van der Waals surface area contributed by atoms with E-state index in [4.69, 9.17) is 0 Å². The molecule has 1 aliphatic rings. The Balaban J connectivity index is 1.73. The number of rotatable bonds is 2. The van der Waals surface area contributed by atoms with E-state index in [1.165, 1.54) is 11.0 Å². The first-order chi connectivity index (χ1) is 12.0. The topological polar surface area (TPSA) is 69.2 Å². The zero-order valence-corrected chi connectivity index (χ0v) is 13.1. The Bertz CT molecular complexity index is 956. The van der Waals surface area contributed by atoms with Gasteiger partial charge in [-0.05, 0) is 36.2 Å². The average molecular weight is 343 g/mol. The summed E-state index contributed by atoms with van der Waals surface area (Å²) >= 11 is 0. The number of carbonyl (C=O) groups excluding carboxylic acids is 1. The van der Waals surface area contributed by atoms with Crippen molar-refractivity contribution >= 4 is 16.8 Å². The molecule has 1 fully saturated rings. The van der Waals surface area contributed by atoms with Gasteiger partial charge in [-0.25, -0.2) is 8.78 Å². The van der Waals surface area contributed by atoms with Crippen LogP contribution < -0.4 is 0 Å². The lowest BCUT2D eigenvalue weighted by Crippen LogP contribution is -2.32. The molecule has 128 valence electrons. The van der Waals surface area contributed by atoms with Gasteiger partial charge in [0, 0.05) is 11.9 Å². The first-order valence-electron chi connectivity index (χ1n) is 7.90. The fraction of sp³-hybridized carbons (Fsp3) is 0.222. The molecule has 0 bridgehead atoms. The molecule has 25 heavy (non-hydrogen) atoms. The maximum atomic E-state index is 13.6. The van der Waals surface area contributed by atoms with Crippen LogP contribution in [0.5, 0.6) is 0 Å². The van der Waals surface area contributed by atoms with E-state index in [1.807, 2.05) is 6.07 Å². The van der Waals surface area contributed by atoms with Crippen LogP contribution in [0.4, 0.5) is 8.78 Å². The third kappa shape index (κ3) is 2.66. The number of amides is 1. The first-order valence-corrected chi connectivity index (χ1v) is 7.90. The first kappa shape index (κ1) is 15.7. The lowest BCUT2D eigenvalue weighted by atomic mass is 10.0. The molecule has 2 aromatic carbocycles. The monoisotopic (exact) mass is 343 g/mol. The van der Waals surface area contributed by atoms with Crippen molar-refractivity contribution < 1.29 is 18.7 Å². The molecule has 0 aliphatic carbocycles. The molecule has 3 aromatic rings. The van der Waals surface area contributed by atoms with Gasteiger partial charge in [0.1, 0.15) is 0 Å². The van der Waals surface area contributed by atoms with Gasteiger partial charge in [0.2, 0.25) is 0 Å². The van der Waals surface area contributed by atoms with E-state index in [0.717, 1.165) is 17.6 Å². The summed E-state index contributed by atoms with van der Waals surface area (Å²) in [5.41, 5.74) is 1.64. The van der Waals surface area contributed by atoms with Gasteiger partial charge in [-0.15, -0.1) is 0 Å². The van der Waals surface area contributed by atoms with E-state index >= 15 is 0 Å². The number of nitrogens with one attached hydrogen (secondary N) is 1. The highest BCUT2D eigenvalue weighted by molar-refractivity contribution is 6.06. The maximum Gasteiger partial charge on any atom is 0.255 e. The Morgan fingerprint density at radius 3 is 2.88 bits per heavy atom. The number of hydrogen-bond donors (Lipinski definition) is 2. The number of aromatic amines is 1. The Morgan fingerprint density at radius 1 is 1.24 bits per heavy atom. The van der Waals surface area contributed by atoms with E-state index in [1.54, 1.807) is 18.3 Å². The molecule has 1 aromatic heterocycles. The van der Waals surface area contributed by atoms with Crippen LogP contribution in [0.15, 0.2) is 42.6 Å². The van der Waals surface area contributed by atoms with Gasteiger partial charge >= 0.3 is 0 Å². The van der Waals surface area contributed by atoms with Gasteiger partial charge in [-0.1, -0.05) is 12.1 Å². The molecule has 0 unspecified atom stereocenters. The normalized spacial score (nSPS) is 20.4. The summed E-state index contributed by atoms with van der Waals surface area (Å²) in [4.78, 5) is 14.5. The molecule has 0 spiro atoms. The van der Waals surface area contributed by atoms with Crippen LogP contribution in [-0.2, 0) is 0 Å². The third-order valence-electron chi connectivity index (χ3n) is 4.58. The van der Waals surface area contributed by atoms with Crippen molar-refractivity contribution in [2.75, 3.05) is 6.54 Å². The van der Waals surface area contributed by atoms with E-state index in [-0.39, 0.29) is 18.9 Å². The summed E-state index contributed by atoms with van der Waals surface area (Å²) < 4.78 is 26.8. The highest BCUT2D eigenvalue weighted by Crippen LogP contribution is 2.34. The molecule has 2 N–H and O–H groups in total. The summed E-state index contributed by atoms with van der Waals surface area (Å²) in [6, 6.07) is 8.29. The fourth-order valence-corrected chi connectivity index (χ4v) is 3.38. The van der Waals surface area contributed by atoms with Crippen molar-refractivity contribution in [2.24, 2.45) is 0 Å². The van der Waals surface area contributed by atoms with Gasteiger partial charge in [-0.2, -0.15) is 5.10 Å². The van der Waals surface area contributed by atoms with Crippen LogP contribution in [0.1, 0.15) is 28.4 Å². The standard InChI is InChI=1S/C18H15F2N3O2/c19-14-5-4-10(6-15(14)20)17-7-11(24)9-23(17)18(25)12-2-1-3-16-13(12)8-21-22-16/h1-6,8,11,17,24H,7,9H2,(H,21,22)/t11-,17+/m0/s1. The van der Waals surface area contributed by atoms with E-state index in [9.17, 15) is 18.7 Å². The minimum atomic E-state index is -0.969. The van der Waals surface area contributed by atoms with Crippen molar-refractivity contribution in [1.29, 1.82) is 0 Å². The molecule has 1 amide bonds. The molecule has 0 radical (unpaired) electrons. The lowest BCUT2D eigenvalue weighted by molar-refractivity contribution is 0.0717. The number of β-amino-alcohol motifs (C(OH)–C–C–N with tert-alkyl or cyclic N) is 1. The predicted molar refractivity (Wildman–Crippen MR) is 86.9 cm³/mol. The number of halogens is 2. The highest BCUT2D eigenvalue weighted by atomic mass is 19.2. The van der Waals surface area contributed by atoms with Crippen molar-refractivity contribution in [1.82, 2.24) is 15.1 Å². The lowest BCUT2D eigenvalue weighted by Gasteiger charge is -2.25. The van der Waals surface area contributed by atoms with Crippen molar-refractivity contribution in [2.45, 2.75) is 18.6 Å². The number of aliphatic hydroxyl groups is 1. The van der Waals surface area contributed by atoms with Crippen molar-refractivity contribution in [3.05, 3.63) is 65.4 Å². The quantitative estimate of drug-likeness (QED) is 0.752. The van der Waals surface area contributed by atoms with E-state index in [2.05, 4.69) is 10.2 Å². The molecule has 5 nitrogen and oxygen atoms in total. The Kier molecular flexibility index (Phi) is 3.73. The van der Waals surface area contributed by atoms with Crippen LogP contribution >= 0.6 is 0 Å². The van der Waals surface area contributed by atoms with E-state index in [0.29, 0.717) is 16.5 Å². The summed E-state index contributed by atoms with van der Waals surface area (Å²) in [6.45, 7) is 0.136. The second-order valence-electron chi connectivity index (χ2n) is 6.17. The van der Waals surface area contributed by atoms with Gasteiger partial charge in [0.05, 0.1) is 29.4 Å². The van der Waals surface area contributed by atoms with Crippen molar-refractivity contribution in [3.8, 4) is 0 Å². The number of nitrogens with zero attached hydrogens (tertiary/aromatic N) is 2. The summed E-state index contributed by atoms with van der Waals surface area (Å²) in [6.07, 6.45) is 1.13. The highest BCUT2D eigenvalue weighted by Gasteiger charge is 2.36. The molecule has 0 saturated carbocycles. The van der Waals surface area contributed by atoms with Gasteiger partial charge in [0.15, 0.2) is 11.6 Å². The number of hydrogen-bond acceptors (Lipinski definition) is 3. The number of carbonyl (C=O) groups is 1. The number of aliphatic hydroxyl groups excluding tert-OH is 1. The Hall–Kier alpha value is -2.80. The second kappa shape index (κ2) is 5.93. The minimum Gasteiger partial charge on any atom is -0.391 e. The number of likely N-dealkylation sites (tertiary alicyclic amines) is 1. The Labute approximate surface area is 141 Å². The number of H-pyrrole nitrogens is 1. The molecule has 4 rings (SSSR count). The molecule has 2 atom stereocenters. The molecule has 2 heterocycles. The van der Waals surface area contributed by atoms with Crippen LogP contribution in [0.2, 0.25) is 0 Å². The van der Waals surface area contributed by atoms with Crippen LogP contribution in [-0.4, -0.2) is 38.8 Å². The molecular weight excluding hydrogens is 328 g/mol. The number of benzene rings is 2. The molecule has 1 saturated heterocycles. The summed E-state index contributed by atoms with van der Waals surface area (Å²) in [7, 11) is 0. The second-order valence-corrected chi connectivity index (χ2v) is 6.17. The zero-order chi connectivity index (χ0) is 17.6. The van der Waals surface area contributed by atoms with Gasteiger partial charge in [-0.3, -0.25) is 9.89 Å². The average Bonchev–Trinajstić information content (AvgIpc) is 3.22.